The van der Waals surface area contributed by atoms with E-state index in [1.54, 1.807) is 6.07 Å². The van der Waals surface area contributed by atoms with Gasteiger partial charge in [-0.25, -0.2) is 4.21 Å². The minimum Gasteiger partial charge on any atom is -0.492 e. The number of hydrogen-bond acceptors (Lipinski definition) is 2. The van der Waals surface area contributed by atoms with Gasteiger partial charge in [0.2, 0.25) is 0 Å². The lowest BCUT2D eigenvalue weighted by Crippen LogP contribution is -2.20. The van der Waals surface area contributed by atoms with Gasteiger partial charge in [-0.1, -0.05) is 17.7 Å². The van der Waals surface area contributed by atoms with Crippen molar-refractivity contribution in [3.05, 3.63) is 28.8 Å². The summed E-state index contributed by atoms with van der Waals surface area (Å²) in [4.78, 5) is 0. The van der Waals surface area contributed by atoms with E-state index in [0.29, 0.717) is 23.3 Å². The van der Waals surface area contributed by atoms with Crippen LogP contribution >= 0.6 is 11.6 Å². The van der Waals surface area contributed by atoms with Gasteiger partial charge in [0.05, 0.1) is 22.1 Å². The van der Waals surface area contributed by atoms with Crippen molar-refractivity contribution in [3.8, 4) is 5.75 Å². The highest BCUT2D eigenvalue weighted by molar-refractivity contribution is 7.85. The van der Waals surface area contributed by atoms with Crippen LogP contribution in [0.15, 0.2) is 22.6 Å². The second-order valence-electron chi connectivity index (χ2n) is 6.44. The van der Waals surface area contributed by atoms with E-state index < -0.39 is 11.0 Å². The molecule has 3 nitrogen and oxygen atoms in total. The molecule has 1 aliphatic carbocycles. The monoisotopic (exact) mass is 327 g/mol. The van der Waals surface area contributed by atoms with Crippen LogP contribution in [-0.2, 0) is 11.0 Å². The predicted octanol–water partition coefficient (Wildman–Crippen LogP) is 4.40. The van der Waals surface area contributed by atoms with E-state index in [4.69, 9.17) is 16.3 Å². The van der Waals surface area contributed by atoms with Crippen molar-refractivity contribution in [2.45, 2.75) is 45.3 Å². The second kappa shape index (κ2) is 6.49. The summed E-state index contributed by atoms with van der Waals surface area (Å²) in [5.41, 5.74) is 1.62. The van der Waals surface area contributed by atoms with Crippen molar-refractivity contribution in [2.75, 3.05) is 6.61 Å². The lowest BCUT2D eigenvalue weighted by atomic mass is 10.1. The molecule has 0 bridgehead atoms. The van der Waals surface area contributed by atoms with Crippen LogP contribution in [0.25, 0.3) is 0 Å². The van der Waals surface area contributed by atoms with E-state index in [2.05, 4.69) is 4.40 Å². The third-order valence-corrected chi connectivity index (χ3v) is 5.06. The second-order valence-corrected chi connectivity index (χ2v) is 8.75. The Kier molecular flexibility index (Phi) is 5.10. The van der Waals surface area contributed by atoms with Crippen molar-refractivity contribution in [3.63, 3.8) is 0 Å². The summed E-state index contributed by atoms with van der Waals surface area (Å²) in [6.45, 7) is 8.30. The SMILES string of the molecule is CC(=NS(=O)C(C)(C)C)c1ccc(Cl)c(OCC2CC2)c1. The van der Waals surface area contributed by atoms with Gasteiger partial charge < -0.3 is 4.74 Å². The summed E-state index contributed by atoms with van der Waals surface area (Å²) < 4.78 is 21.8. The van der Waals surface area contributed by atoms with Gasteiger partial charge in [-0.3, -0.25) is 0 Å². The fraction of sp³-hybridized carbons (Fsp3) is 0.562. The Hall–Kier alpha value is -0.870. The molecule has 0 saturated heterocycles. The van der Waals surface area contributed by atoms with Gasteiger partial charge in [-0.05, 0) is 58.6 Å². The molecular formula is C16H22ClNO2S. The number of halogens is 1. The third kappa shape index (κ3) is 4.82. The molecule has 1 atom stereocenters. The molecule has 1 aromatic carbocycles. The zero-order valence-corrected chi connectivity index (χ0v) is 14.6. The molecule has 1 aliphatic rings. The number of hydrogen-bond donors (Lipinski definition) is 0. The van der Waals surface area contributed by atoms with Crippen molar-refractivity contribution in [1.29, 1.82) is 0 Å². The Morgan fingerprint density at radius 2 is 2.10 bits per heavy atom. The molecule has 1 unspecified atom stereocenters. The first-order chi connectivity index (χ1) is 9.77. The minimum atomic E-state index is -1.27. The van der Waals surface area contributed by atoms with Crippen LogP contribution in [0.1, 0.15) is 46.1 Å². The van der Waals surface area contributed by atoms with E-state index in [9.17, 15) is 4.21 Å². The molecule has 1 aromatic rings. The summed E-state index contributed by atoms with van der Waals surface area (Å²) >= 11 is 6.16. The molecule has 0 heterocycles. The van der Waals surface area contributed by atoms with Gasteiger partial charge in [0.15, 0.2) is 0 Å². The zero-order valence-electron chi connectivity index (χ0n) is 13.0. The molecule has 0 aromatic heterocycles. The van der Waals surface area contributed by atoms with Crippen LogP contribution < -0.4 is 4.74 Å². The van der Waals surface area contributed by atoms with Crippen LogP contribution in [-0.4, -0.2) is 21.3 Å². The molecule has 0 radical (unpaired) electrons. The topological polar surface area (TPSA) is 38.7 Å². The Balaban J connectivity index is 2.16. The highest BCUT2D eigenvalue weighted by Gasteiger charge is 2.22. The molecule has 0 N–H and O–H groups in total. The standard InChI is InChI=1S/C16H22ClNO2S/c1-11(18-21(19)16(2,3)4)13-7-8-14(17)15(9-13)20-10-12-5-6-12/h7-9,12H,5-6,10H2,1-4H3. The van der Waals surface area contributed by atoms with E-state index in [-0.39, 0.29) is 4.75 Å². The van der Waals surface area contributed by atoms with Crippen LogP contribution in [0.4, 0.5) is 0 Å². The lowest BCUT2D eigenvalue weighted by Gasteiger charge is -2.14. The first-order valence-corrected chi connectivity index (χ1v) is 8.66. The van der Waals surface area contributed by atoms with E-state index in [1.165, 1.54) is 12.8 Å². The maximum Gasteiger partial charge on any atom is 0.145 e. The molecule has 0 spiro atoms. The van der Waals surface area contributed by atoms with Crippen LogP contribution in [0, 0.1) is 5.92 Å². The number of rotatable bonds is 5. The van der Waals surface area contributed by atoms with Gasteiger partial charge in [-0.15, -0.1) is 0 Å². The Labute approximate surface area is 134 Å². The Morgan fingerprint density at radius 1 is 1.43 bits per heavy atom. The number of ether oxygens (including phenoxy) is 1. The zero-order chi connectivity index (χ0) is 15.6. The summed E-state index contributed by atoms with van der Waals surface area (Å²) in [5, 5.41) is 0.601. The van der Waals surface area contributed by atoms with Crippen LogP contribution in [0.3, 0.4) is 0 Å². The molecule has 2 rings (SSSR count). The van der Waals surface area contributed by atoms with E-state index in [1.807, 2.05) is 39.8 Å². The molecule has 5 heteroatoms. The maximum absolute atomic E-state index is 12.1. The van der Waals surface area contributed by atoms with Crippen molar-refractivity contribution in [2.24, 2.45) is 10.3 Å². The van der Waals surface area contributed by atoms with Crippen LogP contribution in [0.2, 0.25) is 5.02 Å². The largest absolute Gasteiger partial charge is 0.492 e. The van der Waals surface area contributed by atoms with Crippen molar-refractivity contribution >= 4 is 28.3 Å². The molecular weight excluding hydrogens is 306 g/mol. The molecule has 0 aliphatic heterocycles. The van der Waals surface area contributed by atoms with Crippen LogP contribution in [0.5, 0.6) is 5.75 Å². The van der Waals surface area contributed by atoms with Gasteiger partial charge in [0.25, 0.3) is 0 Å². The fourth-order valence-corrected chi connectivity index (χ4v) is 2.45. The molecule has 116 valence electrons. The van der Waals surface area contributed by atoms with Crippen molar-refractivity contribution in [1.82, 2.24) is 0 Å². The average Bonchev–Trinajstić information content (AvgIpc) is 3.20. The fourth-order valence-electron chi connectivity index (χ4n) is 1.65. The van der Waals surface area contributed by atoms with Gasteiger partial charge in [0, 0.05) is 5.56 Å². The Bertz CT molecular complexity index is 574. The smallest absolute Gasteiger partial charge is 0.145 e. The molecule has 1 fully saturated rings. The van der Waals surface area contributed by atoms with Gasteiger partial charge in [0.1, 0.15) is 16.7 Å². The summed E-state index contributed by atoms with van der Waals surface area (Å²) in [6.07, 6.45) is 2.48. The first kappa shape index (κ1) is 16.5. The first-order valence-electron chi connectivity index (χ1n) is 7.17. The third-order valence-electron chi connectivity index (χ3n) is 3.26. The molecule has 21 heavy (non-hydrogen) atoms. The quantitative estimate of drug-likeness (QED) is 0.752. The maximum atomic E-state index is 12.1. The van der Waals surface area contributed by atoms with Gasteiger partial charge in [-0.2, -0.15) is 4.40 Å². The number of nitrogens with zero attached hydrogens (tertiary/aromatic N) is 1. The predicted molar refractivity (Wildman–Crippen MR) is 89.8 cm³/mol. The molecule has 0 amide bonds. The van der Waals surface area contributed by atoms with Gasteiger partial charge >= 0.3 is 0 Å². The highest BCUT2D eigenvalue weighted by Crippen LogP contribution is 2.32. The summed E-state index contributed by atoms with van der Waals surface area (Å²) in [5.74, 6) is 1.35. The Morgan fingerprint density at radius 3 is 2.67 bits per heavy atom. The van der Waals surface area contributed by atoms with Crippen molar-refractivity contribution < 1.29 is 8.95 Å². The highest BCUT2D eigenvalue weighted by atomic mass is 35.5. The van der Waals surface area contributed by atoms with E-state index >= 15 is 0 Å². The summed E-state index contributed by atoms with van der Waals surface area (Å²) in [7, 11) is -1.27. The normalized spacial score (nSPS) is 17.7. The number of benzene rings is 1. The summed E-state index contributed by atoms with van der Waals surface area (Å²) in [6, 6.07) is 5.56. The molecule has 1 saturated carbocycles. The minimum absolute atomic E-state index is 0.362. The average molecular weight is 328 g/mol. The van der Waals surface area contributed by atoms with E-state index in [0.717, 1.165) is 11.3 Å². The lowest BCUT2D eigenvalue weighted by molar-refractivity contribution is 0.300.